The van der Waals surface area contributed by atoms with E-state index in [1.54, 1.807) is 0 Å². The van der Waals surface area contributed by atoms with Gasteiger partial charge in [0.1, 0.15) is 5.92 Å². The summed E-state index contributed by atoms with van der Waals surface area (Å²) in [6.07, 6.45) is -4.52. The van der Waals surface area contributed by atoms with Crippen molar-refractivity contribution in [1.29, 1.82) is 0 Å². The van der Waals surface area contributed by atoms with Crippen LogP contribution in [0.3, 0.4) is 0 Å². The third kappa shape index (κ3) is 4.00. The molecular weight excluding hydrogens is 331 g/mol. The number of carbonyl (C=O) groups excluding carboxylic acids is 2. The van der Waals surface area contributed by atoms with Gasteiger partial charge in [0, 0.05) is 18.4 Å². The first-order chi connectivity index (χ1) is 11.1. The van der Waals surface area contributed by atoms with Gasteiger partial charge in [-0.3, -0.25) is 19.7 Å². The highest BCUT2D eigenvalue weighted by molar-refractivity contribution is 5.95. The van der Waals surface area contributed by atoms with Gasteiger partial charge in [-0.05, 0) is 12.1 Å². The summed E-state index contributed by atoms with van der Waals surface area (Å²) < 4.78 is 38.5. The molecule has 1 aromatic carbocycles. The topological polar surface area (TPSA) is 92.6 Å². The number of likely N-dealkylation sites (N-methyl/N-ethyl adjacent to an activating group) is 1. The van der Waals surface area contributed by atoms with Crippen molar-refractivity contribution in [3.8, 4) is 0 Å². The van der Waals surface area contributed by atoms with Gasteiger partial charge in [-0.25, -0.2) is 0 Å². The summed E-state index contributed by atoms with van der Waals surface area (Å²) >= 11 is 0. The normalized spacial score (nSPS) is 19.5. The molecular formula is C14H14F3N3O4. The fourth-order valence-electron chi connectivity index (χ4n) is 2.29. The third-order valence-electron chi connectivity index (χ3n) is 3.61. The van der Waals surface area contributed by atoms with Crippen molar-refractivity contribution in [2.24, 2.45) is 5.92 Å². The van der Waals surface area contributed by atoms with Gasteiger partial charge in [0.15, 0.2) is 0 Å². The van der Waals surface area contributed by atoms with Gasteiger partial charge < -0.3 is 10.2 Å². The molecule has 0 bridgehead atoms. The van der Waals surface area contributed by atoms with Crippen molar-refractivity contribution in [1.82, 2.24) is 4.90 Å². The van der Waals surface area contributed by atoms with Crippen molar-refractivity contribution in [3.63, 3.8) is 0 Å². The lowest BCUT2D eigenvalue weighted by Crippen LogP contribution is -2.37. The van der Waals surface area contributed by atoms with Gasteiger partial charge in [0.05, 0.1) is 17.8 Å². The van der Waals surface area contributed by atoms with Crippen LogP contribution in [0.15, 0.2) is 24.3 Å². The zero-order valence-electron chi connectivity index (χ0n) is 12.5. The molecule has 10 heteroatoms. The number of nitrogens with zero attached hydrogens (tertiary/aromatic N) is 2. The Kier molecular flexibility index (Phi) is 4.76. The Labute approximate surface area is 134 Å². The summed E-state index contributed by atoms with van der Waals surface area (Å²) in [6.45, 7) is -0.494. The van der Waals surface area contributed by atoms with E-state index >= 15 is 0 Å². The average molecular weight is 345 g/mol. The second-order valence-corrected chi connectivity index (χ2v) is 5.48. The minimum atomic E-state index is -4.63. The van der Waals surface area contributed by atoms with Crippen LogP contribution in [-0.4, -0.2) is 41.3 Å². The van der Waals surface area contributed by atoms with E-state index in [1.165, 1.54) is 19.2 Å². The predicted octanol–water partition coefficient (Wildman–Crippen LogP) is 1.77. The van der Waals surface area contributed by atoms with Crippen molar-refractivity contribution in [2.45, 2.75) is 18.6 Å². The summed E-state index contributed by atoms with van der Waals surface area (Å²) in [6, 6.07) is 3.52. The Morgan fingerprint density at radius 2 is 2.00 bits per heavy atom. The molecule has 0 saturated heterocycles. The van der Waals surface area contributed by atoms with Crippen molar-refractivity contribution in [3.05, 3.63) is 39.9 Å². The van der Waals surface area contributed by atoms with Crippen LogP contribution in [0.2, 0.25) is 0 Å². The molecule has 1 saturated carbocycles. The van der Waals surface area contributed by atoms with Crippen molar-refractivity contribution in [2.75, 3.05) is 18.9 Å². The molecule has 0 radical (unpaired) electrons. The van der Waals surface area contributed by atoms with Crippen LogP contribution in [0.4, 0.5) is 18.9 Å². The Morgan fingerprint density at radius 1 is 1.38 bits per heavy atom. The van der Waals surface area contributed by atoms with Crippen LogP contribution in [0.25, 0.3) is 0 Å². The highest BCUT2D eigenvalue weighted by Gasteiger charge is 2.54. The van der Waals surface area contributed by atoms with E-state index in [9.17, 15) is 32.9 Å². The number of hydrogen-bond acceptors (Lipinski definition) is 4. The molecule has 1 fully saturated rings. The van der Waals surface area contributed by atoms with E-state index in [4.69, 9.17) is 0 Å². The maximum Gasteiger partial charge on any atom is 0.418 e. The number of nitro groups is 1. The lowest BCUT2D eigenvalue weighted by molar-refractivity contribution is -0.497. The number of para-hydroxylation sites is 1. The Bertz CT molecular complexity index is 677. The fourth-order valence-corrected chi connectivity index (χ4v) is 2.29. The Balaban J connectivity index is 1.97. The number of alkyl halides is 3. The number of hydrogen-bond donors (Lipinski definition) is 1. The number of rotatable bonds is 5. The minimum absolute atomic E-state index is 0.106. The monoisotopic (exact) mass is 345 g/mol. The molecule has 2 rings (SSSR count). The molecule has 0 aromatic heterocycles. The van der Waals surface area contributed by atoms with E-state index in [0.29, 0.717) is 0 Å². The predicted molar refractivity (Wildman–Crippen MR) is 76.6 cm³/mol. The summed E-state index contributed by atoms with van der Waals surface area (Å²) in [5, 5.41) is 12.7. The first-order valence-electron chi connectivity index (χ1n) is 6.95. The average Bonchev–Trinajstić information content (AvgIpc) is 3.26. The molecule has 1 aliphatic rings. The molecule has 2 atom stereocenters. The molecule has 0 heterocycles. The first kappa shape index (κ1) is 17.7. The zero-order chi connectivity index (χ0) is 18.1. The van der Waals surface area contributed by atoms with Crippen LogP contribution in [-0.2, 0) is 15.8 Å². The van der Waals surface area contributed by atoms with Crippen LogP contribution in [0, 0.1) is 16.0 Å². The highest BCUT2D eigenvalue weighted by Crippen LogP contribution is 2.35. The van der Waals surface area contributed by atoms with Crippen molar-refractivity contribution >= 4 is 17.5 Å². The van der Waals surface area contributed by atoms with Gasteiger partial charge in [-0.15, -0.1) is 0 Å². The second-order valence-electron chi connectivity index (χ2n) is 5.48. The third-order valence-corrected chi connectivity index (χ3v) is 3.61. The van der Waals surface area contributed by atoms with Gasteiger partial charge in [0.25, 0.3) is 0 Å². The largest absolute Gasteiger partial charge is 0.418 e. The lowest BCUT2D eigenvalue weighted by atomic mass is 10.1. The molecule has 0 aliphatic heterocycles. The van der Waals surface area contributed by atoms with Crippen molar-refractivity contribution < 1.29 is 27.7 Å². The maximum atomic E-state index is 12.8. The fraction of sp³-hybridized carbons (Fsp3) is 0.429. The number of halogens is 3. The highest BCUT2D eigenvalue weighted by atomic mass is 19.4. The minimum Gasteiger partial charge on any atom is -0.336 e. The first-order valence-corrected chi connectivity index (χ1v) is 6.95. The van der Waals surface area contributed by atoms with E-state index in [0.717, 1.165) is 17.0 Å². The van der Waals surface area contributed by atoms with Crippen LogP contribution in [0.1, 0.15) is 12.0 Å². The van der Waals surface area contributed by atoms with Gasteiger partial charge >= 0.3 is 6.18 Å². The molecule has 1 N–H and O–H groups in total. The Morgan fingerprint density at radius 3 is 2.54 bits per heavy atom. The second kappa shape index (κ2) is 6.46. The molecule has 2 amide bonds. The number of amides is 2. The van der Waals surface area contributed by atoms with E-state index in [-0.39, 0.29) is 6.42 Å². The summed E-state index contributed by atoms with van der Waals surface area (Å²) in [5.74, 6) is -2.17. The van der Waals surface area contributed by atoms with Gasteiger partial charge in [-0.1, -0.05) is 12.1 Å². The zero-order valence-corrected chi connectivity index (χ0v) is 12.5. The molecule has 24 heavy (non-hydrogen) atoms. The number of nitrogens with one attached hydrogen (secondary N) is 1. The Hall–Kier alpha value is -2.65. The summed E-state index contributed by atoms with van der Waals surface area (Å²) in [4.78, 5) is 34.7. The number of benzene rings is 1. The van der Waals surface area contributed by atoms with E-state index < -0.39 is 52.7 Å². The molecule has 1 aromatic rings. The SMILES string of the molecule is CN(CC(=O)Nc1ccccc1C(F)(F)F)C(=O)[C@@H]1C[C@H]1[N+](=O)[O-]. The standard InChI is InChI=1S/C14H14F3N3O4/c1-19(13(22)8-6-11(8)20(23)24)7-12(21)18-10-5-3-2-4-9(10)14(15,16)17/h2-5,8,11H,6-7H2,1H3,(H,18,21)/t8-,11-/m1/s1. The molecule has 7 nitrogen and oxygen atoms in total. The smallest absolute Gasteiger partial charge is 0.336 e. The van der Waals surface area contributed by atoms with E-state index in [2.05, 4.69) is 5.32 Å². The maximum absolute atomic E-state index is 12.8. The summed E-state index contributed by atoms with van der Waals surface area (Å²) in [7, 11) is 1.27. The number of anilines is 1. The van der Waals surface area contributed by atoms with Crippen LogP contribution >= 0.6 is 0 Å². The van der Waals surface area contributed by atoms with Crippen LogP contribution in [0.5, 0.6) is 0 Å². The van der Waals surface area contributed by atoms with Gasteiger partial charge in [0.2, 0.25) is 17.9 Å². The lowest BCUT2D eigenvalue weighted by Gasteiger charge is -2.18. The number of carbonyl (C=O) groups is 2. The molecule has 130 valence electrons. The molecule has 1 aliphatic carbocycles. The van der Waals surface area contributed by atoms with Gasteiger partial charge in [-0.2, -0.15) is 13.2 Å². The molecule has 0 unspecified atom stereocenters. The quantitative estimate of drug-likeness (QED) is 0.650. The summed E-state index contributed by atoms with van der Waals surface area (Å²) in [5.41, 5.74) is -1.41. The molecule has 0 spiro atoms. The van der Waals surface area contributed by atoms with E-state index in [1.807, 2.05) is 0 Å². The van der Waals surface area contributed by atoms with Crippen LogP contribution < -0.4 is 5.32 Å².